The average molecular weight is 368 g/mol. The Morgan fingerprint density at radius 2 is 2.04 bits per heavy atom. The van der Waals surface area contributed by atoms with E-state index < -0.39 is 0 Å². The highest BCUT2D eigenvalue weighted by Gasteiger charge is 2.22. The van der Waals surface area contributed by atoms with Crippen molar-refractivity contribution in [3.63, 3.8) is 0 Å². The normalized spacial score (nSPS) is 15.7. The molecule has 5 nitrogen and oxygen atoms in total. The van der Waals surface area contributed by atoms with Crippen LogP contribution < -0.4 is 10.1 Å². The third kappa shape index (κ3) is 5.23. The van der Waals surface area contributed by atoms with Crippen LogP contribution in [0.25, 0.3) is 0 Å². The maximum absolute atomic E-state index is 12.8. The molecule has 0 bridgehead atoms. The van der Waals surface area contributed by atoms with E-state index >= 15 is 0 Å². The molecule has 5 heteroatoms. The highest BCUT2D eigenvalue weighted by atomic mass is 16.5. The summed E-state index contributed by atoms with van der Waals surface area (Å²) in [6.07, 6.45) is 2.78. The van der Waals surface area contributed by atoms with Gasteiger partial charge < -0.3 is 20.1 Å². The van der Waals surface area contributed by atoms with Crippen LogP contribution in [0.4, 0.5) is 4.79 Å². The first-order chi connectivity index (χ1) is 13.2. The number of aliphatic hydroxyl groups excluding tert-OH is 1. The number of carbonyl (C=O) groups is 1. The number of amides is 2. The second-order valence-corrected chi connectivity index (χ2v) is 6.88. The Kier molecular flexibility index (Phi) is 6.71. The molecular formula is C22H28N2O3. The van der Waals surface area contributed by atoms with E-state index in [-0.39, 0.29) is 18.7 Å². The van der Waals surface area contributed by atoms with Crippen LogP contribution in [0.5, 0.6) is 5.75 Å². The highest BCUT2D eigenvalue weighted by Crippen LogP contribution is 2.21. The smallest absolute Gasteiger partial charge is 0.318 e. The molecule has 3 rings (SSSR count). The van der Waals surface area contributed by atoms with E-state index in [0.717, 1.165) is 30.6 Å². The number of nitrogens with one attached hydrogen (secondary N) is 1. The number of rotatable bonds is 7. The molecule has 2 aromatic carbocycles. The van der Waals surface area contributed by atoms with Crippen molar-refractivity contribution in [1.29, 1.82) is 0 Å². The van der Waals surface area contributed by atoms with E-state index in [0.29, 0.717) is 19.7 Å². The highest BCUT2D eigenvalue weighted by molar-refractivity contribution is 5.74. The van der Waals surface area contributed by atoms with Gasteiger partial charge in [0, 0.05) is 19.1 Å². The number of hydrogen-bond donors (Lipinski definition) is 2. The lowest BCUT2D eigenvalue weighted by Gasteiger charge is -2.29. The molecule has 0 radical (unpaired) electrons. The van der Waals surface area contributed by atoms with Crippen molar-refractivity contribution in [2.45, 2.75) is 38.8 Å². The Hall–Kier alpha value is -2.53. The average Bonchev–Trinajstić information content (AvgIpc) is 2.68. The minimum atomic E-state index is -0.129. The van der Waals surface area contributed by atoms with Crippen molar-refractivity contribution < 1.29 is 14.6 Å². The zero-order valence-electron chi connectivity index (χ0n) is 15.9. The summed E-state index contributed by atoms with van der Waals surface area (Å²) in [5.74, 6) is 0.795. The molecule has 2 amide bonds. The molecule has 2 aromatic rings. The van der Waals surface area contributed by atoms with Gasteiger partial charge in [0.05, 0.1) is 13.2 Å². The molecular weight excluding hydrogens is 340 g/mol. The molecule has 2 N–H and O–H groups in total. The lowest BCUT2D eigenvalue weighted by Crippen LogP contribution is -2.47. The number of benzene rings is 2. The van der Waals surface area contributed by atoms with E-state index in [1.807, 2.05) is 37.3 Å². The molecule has 27 heavy (non-hydrogen) atoms. The molecule has 0 saturated carbocycles. The lowest BCUT2D eigenvalue weighted by molar-refractivity contribution is 0.170. The Labute approximate surface area is 161 Å². The van der Waals surface area contributed by atoms with Gasteiger partial charge in [-0.25, -0.2) is 4.79 Å². The Morgan fingerprint density at radius 3 is 2.81 bits per heavy atom. The van der Waals surface area contributed by atoms with Gasteiger partial charge in [0.15, 0.2) is 0 Å². The summed E-state index contributed by atoms with van der Waals surface area (Å²) >= 11 is 0. The summed E-state index contributed by atoms with van der Waals surface area (Å²) in [6.45, 7) is 3.23. The fourth-order valence-corrected chi connectivity index (χ4v) is 3.58. The standard InChI is InChI=1S/C22H28N2O3/c1-2-27-21-9-5-6-17(14-21)16-24(12-13-25)22(26)23-20-11-10-18-7-3-4-8-19(18)15-20/h3-9,14,20,25H,2,10-13,15-16H2,1H3,(H,23,26). The monoisotopic (exact) mass is 368 g/mol. The van der Waals surface area contributed by atoms with Crippen LogP contribution in [-0.2, 0) is 19.4 Å². The Balaban J connectivity index is 1.63. The first kappa shape index (κ1) is 19.2. The van der Waals surface area contributed by atoms with E-state index in [1.165, 1.54) is 11.1 Å². The molecule has 1 aliphatic carbocycles. The van der Waals surface area contributed by atoms with E-state index in [4.69, 9.17) is 4.74 Å². The van der Waals surface area contributed by atoms with Crippen LogP contribution in [0.1, 0.15) is 30.0 Å². The van der Waals surface area contributed by atoms with Gasteiger partial charge in [0.2, 0.25) is 0 Å². The van der Waals surface area contributed by atoms with Gasteiger partial charge in [-0.3, -0.25) is 0 Å². The first-order valence-electron chi connectivity index (χ1n) is 9.64. The van der Waals surface area contributed by atoms with Crippen LogP contribution in [0.3, 0.4) is 0 Å². The third-order valence-corrected chi connectivity index (χ3v) is 4.91. The van der Waals surface area contributed by atoms with Crippen molar-refractivity contribution in [2.24, 2.45) is 0 Å². The summed E-state index contributed by atoms with van der Waals surface area (Å²) in [5.41, 5.74) is 3.67. The number of ether oxygens (including phenoxy) is 1. The second kappa shape index (κ2) is 9.42. The molecule has 0 saturated heterocycles. The number of urea groups is 1. The maximum Gasteiger partial charge on any atom is 0.318 e. The summed E-state index contributed by atoms with van der Waals surface area (Å²) in [6, 6.07) is 16.2. The zero-order valence-corrected chi connectivity index (χ0v) is 15.9. The largest absolute Gasteiger partial charge is 0.494 e. The summed E-state index contributed by atoms with van der Waals surface area (Å²) < 4.78 is 5.53. The minimum absolute atomic E-state index is 0.0634. The molecule has 0 heterocycles. The molecule has 0 fully saturated rings. The maximum atomic E-state index is 12.8. The van der Waals surface area contributed by atoms with Gasteiger partial charge in [0.25, 0.3) is 0 Å². The Bertz CT molecular complexity index is 763. The van der Waals surface area contributed by atoms with Crippen molar-refractivity contribution in [1.82, 2.24) is 10.2 Å². The van der Waals surface area contributed by atoms with E-state index in [9.17, 15) is 9.90 Å². The predicted molar refractivity (Wildman–Crippen MR) is 106 cm³/mol. The van der Waals surface area contributed by atoms with Gasteiger partial charge in [0.1, 0.15) is 5.75 Å². The molecule has 0 aromatic heterocycles. The summed E-state index contributed by atoms with van der Waals surface area (Å²) in [7, 11) is 0. The number of aliphatic hydroxyl groups is 1. The number of hydrogen-bond acceptors (Lipinski definition) is 3. The Morgan fingerprint density at radius 1 is 1.22 bits per heavy atom. The van der Waals surface area contributed by atoms with E-state index in [1.54, 1.807) is 4.90 Å². The minimum Gasteiger partial charge on any atom is -0.494 e. The number of carbonyl (C=O) groups excluding carboxylic acids is 1. The van der Waals surface area contributed by atoms with Crippen molar-refractivity contribution in [3.8, 4) is 5.75 Å². The van der Waals surface area contributed by atoms with Crippen molar-refractivity contribution in [2.75, 3.05) is 19.8 Å². The van der Waals surface area contributed by atoms with Gasteiger partial charge >= 0.3 is 6.03 Å². The lowest BCUT2D eigenvalue weighted by atomic mass is 9.88. The van der Waals surface area contributed by atoms with E-state index in [2.05, 4.69) is 23.5 Å². The van der Waals surface area contributed by atoms with Gasteiger partial charge in [-0.2, -0.15) is 0 Å². The second-order valence-electron chi connectivity index (χ2n) is 6.88. The van der Waals surface area contributed by atoms with Crippen LogP contribution in [0.2, 0.25) is 0 Å². The number of fused-ring (bicyclic) bond motifs is 1. The van der Waals surface area contributed by atoms with Crippen LogP contribution in [0, 0.1) is 0 Å². The van der Waals surface area contributed by atoms with Gasteiger partial charge in [-0.15, -0.1) is 0 Å². The number of aryl methyl sites for hydroxylation is 1. The fraction of sp³-hybridized carbons (Fsp3) is 0.409. The molecule has 1 atom stereocenters. The topological polar surface area (TPSA) is 61.8 Å². The molecule has 0 aliphatic heterocycles. The van der Waals surface area contributed by atoms with Crippen LogP contribution in [-0.4, -0.2) is 41.8 Å². The van der Waals surface area contributed by atoms with Crippen LogP contribution in [0.15, 0.2) is 48.5 Å². The SMILES string of the molecule is CCOc1cccc(CN(CCO)C(=O)NC2CCc3ccccc3C2)c1. The molecule has 0 spiro atoms. The number of nitrogens with zero attached hydrogens (tertiary/aromatic N) is 1. The first-order valence-corrected chi connectivity index (χ1v) is 9.64. The van der Waals surface area contributed by atoms with Crippen molar-refractivity contribution >= 4 is 6.03 Å². The van der Waals surface area contributed by atoms with Crippen molar-refractivity contribution in [3.05, 3.63) is 65.2 Å². The van der Waals surface area contributed by atoms with Gasteiger partial charge in [-0.1, -0.05) is 36.4 Å². The van der Waals surface area contributed by atoms with Crippen LogP contribution >= 0.6 is 0 Å². The van der Waals surface area contributed by atoms with Gasteiger partial charge in [-0.05, 0) is 55.0 Å². The predicted octanol–water partition coefficient (Wildman–Crippen LogP) is 3.15. The summed E-state index contributed by atoms with van der Waals surface area (Å²) in [4.78, 5) is 14.5. The molecule has 1 unspecified atom stereocenters. The fourth-order valence-electron chi connectivity index (χ4n) is 3.58. The zero-order chi connectivity index (χ0) is 19.1. The molecule has 1 aliphatic rings. The molecule has 144 valence electrons. The summed E-state index contributed by atoms with van der Waals surface area (Å²) in [5, 5.41) is 12.5. The quantitative estimate of drug-likeness (QED) is 0.789. The third-order valence-electron chi connectivity index (χ3n) is 4.91.